The summed E-state index contributed by atoms with van der Waals surface area (Å²) in [6.07, 6.45) is 1.44. The van der Waals surface area contributed by atoms with Crippen LogP contribution in [0.4, 0.5) is 0 Å². The normalized spacial score (nSPS) is 10.5. The summed E-state index contributed by atoms with van der Waals surface area (Å²) in [5.74, 6) is 1.80. The van der Waals surface area contributed by atoms with Gasteiger partial charge in [-0.15, -0.1) is 0 Å². The second-order valence-electron chi connectivity index (χ2n) is 6.95. The minimum absolute atomic E-state index is 0.190. The van der Waals surface area contributed by atoms with Crippen molar-refractivity contribution in [1.82, 2.24) is 5.32 Å². The quantitative estimate of drug-likeness (QED) is 0.454. The molecule has 6 heteroatoms. The Morgan fingerprint density at radius 3 is 2.26 bits per heavy atom. The Bertz CT molecular complexity index is 1020. The number of hydrogen-bond donors (Lipinski definition) is 1. The predicted molar refractivity (Wildman–Crippen MR) is 125 cm³/mol. The minimum Gasteiger partial charge on any atom is -0.497 e. The lowest BCUT2D eigenvalue weighted by atomic mass is 10.00. The summed E-state index contributed by atoms with van der Waals surface area (Å²) in [6.45, 7) is 0.379. The molecule has 3 aromatic carbocycles. The average molecular weight is 484 g/mol. The van der Waals surface area contributed by atoms with E-state index < -0.39 is 0 Å². The van der Waals surface area contributed by atoms with Crippen molar-refractivity contribution in [1.29, 1.82) is 0 Å². The second kappa shape index (κ2) is 10.9. The predicted octanol–water partition coefficient (Wildman–Crippen LogP) is 5.19. The molecule has 0 fully saturated rings. The number of carbonyl (C=O) groups is 1. The number of aryl methyl sites for hydroxylation is 1. The molecule has 0 aliphatic rings. The molecule has 3 rings (SSSR count). The summed E-state index contributed by atoms with van der Waals surface area (Å²) < 4.78 is 17.8. The van der Waals surface area contributed by atoms with Crippen molar-refractivity contribution in [2.75, 3.05) is 21.3 Å². The highest BCUT2D eigenvalue weighted by atomic mass is 79.9. The van der Waals surface area contributed by atoms with E-state index in [2.05, 4.69) is 21.2 Å². The topological polar surface area (TPSA) is 56.8 Å². The number of methoxy groups -OCH3 is 2. The van der Waals surface area contributed by atoms with Gasteiger partial charge < -0.3 is 19.5 Å². The third kappa shape index (κ3) is 5.58. The molecule has 0 bridgehead atoms. The van der Waals surface area contributed by atoms with Crippen molar-refractivity contribution in [3.63, 3.8) is 0 Å². The lowest BCUT2D eigenvalue weighted by Gasteiger charge is -2.19. The highest BCUT2D eigenvalue weighted by Crippen LogP contribution is 2.40. The van der Waals surface area contributed by atoms with Crippen LogP contribution in [0.5, 0.6) is 17.2 Å². The summed E-state index contributed by atoms with van der Waals surface area (Å²) in [6, 6.07) is 19.6. The molecule has 0 aliphatic heterocycles. The second-order valence-corrected chi connectivity index (χ2v) is 7.74. The van der Waals surface area contributed by atoms with Crippen LogP contribution in [0.25, 0.3) is 0 Å². The van der Waals surface area contributed by atoms with Crippen LogP contribution in [0, 0.1) is 0 Å². The molecule has 0 unspecified atom stereocenters. The molecule has 162 valence electrons. The Morgan fingerprint density at radius 2 is 1.65 bits per heavy atom. The van der Waals surface area contributed by atoms with Gasteiger partial charge in [0.05, 0.1) is 19.8 Å². The summed E-state index contributed by atoms with van der Waals surface area (Å²) in [4.78, 5) is 12.5. The van der Waals surface area contributed by atoms with Crippen LogP contribution in [0.3, 0.4) is 0 Å². The first kappa shape index (κ1) is 22.7. The van der Waals surface area contributed by atoms with Crippen LogP contribution in [-0.2, 0) is 19.4 Å². The van der Waals surface area contributed by atoms with E-state index in [0.29, 0.717) is 34.6 Å². The van der Waals surface area contributed by atoms with Crippen molar-refractivity contribution < 1.29 is 19.0 Å². The number of amides is 1. The van der Waals surface area contributed by atoms with Gasteiger partial charge in [-0.2, -0.15) is 0 Å². The molecule has 0 spiro atoms. The number of halogens is 1. The van der Waals surface area contributed by atoms with Gasteiger partial charge in [-0.1, -0.05) is 42.5 Å². The smallest absolute Gasteiger partial charge is 0.252 e. The monoisotopic (exact) mass is 483 g/mol. The molecule has 1 amide bonds. The fourth-order valence-corrected chi connectivity index (χ4v) is 3.99. The Balaban J connectivity index is 1.93. The van der Waals surface area contributed by atoms with Gasteiger partial charge >= 0.3 is 0 Å². The lowest BCUT2D eigenvalue weighted by molar-refractivity contribution is 0.0961. The number of hydrogen-bond acceptors (Lipinski definition) is 4. The van der Waals surface area contributed by atoms with Gasteiger partial charge in [-0.3, -0.25) is 4.79 Å². The number of benzene rings is 3. The Hall–Kier alpha value is -2.99. The molecule has 3 aromatic rings. The molecule has 0 radical (unpaired) electrons. The van der Waals surface area contributed by atoms with Gasteiger partial charge in [0.15, 0.2) is 11.5 Å². The number of rotatable bonds is 9. The Labute approximate surface area is 191 Å². The van der Waals surface area contributed by atoms with E-state index in [0.717, 1.165) is 28.9 Å². The Kier molecular flexibility index (Phi) is 7.95. The molecule has 0 aliphatic carbocycles. The fourth-order valence-electron chi connectivity index (χ4n) is 3.32. The van der Waals surface area contributed by atoms with Crippen molar-refractivity contribution in [2.24, 2.45) is 0 Å². The van der Waals surface area contributed by atoms with E-state index in [4.69, 9.17) is 14.2 Å². The molecule has 5 nitrogen and oxygen atoms in total. The SMILES string of the molecule is CNC(=O)c1cc(OCc2ccccc2)c(OC)c(CCc2ccc(OC)cc2)c1Br. The van der Waals surface area contributed by atoms with Crippen LogP contribution < -0.4 is 19.5 Å². The van der Waals surface area contributed by atoms with Crippen molar-refractivity contribution in [2.45, 2.75) is 19.4 Å². The molecule has 0 saturated carbocycles. The molecular weight excluding hydrogens is 458 g/mol. The third-order valence-corrected chi connectivity index (χ3v) is 5.92. The molecule has 1 N–H and O–H groups in total. The van der Waals surface area contributed by atoms with Crippen LogP contribution >= 0.6 is 15.9 Å². The van der Waals surface area contributed by atoms with Gasteiger partial charge in [-0.05, 0) is 58.1 Å². The maximum Gasteiger partial charge on any atom is 0.252 e. The molecule has 0 atom stereocenters. The third-order valence-electron chi connectivity index (χ3n) is 5.01. The number of ether oxygens (including phenoxy) is 3. The summed E-state index contributed by atoms with van der Waals surface area (Å²) in [7, 11) is 4.88. The van der Waals surface area contributed by atoms with Gasteiger partial charge in [0, 0.05) is 17.1 Å². The van der Waals surface area contributed by atoms with Crippen LogP contribution in [0.1, 0.15) is 27.0 Å². The molecule has 0 saturated heterocycles. The van der Waals surface area contributed by atoms with Gasteiger partial charge in [-0.25, -0.2) is 0 Å². The molecular formula is C25H26BrNO4. The van der Waals surface area contributed by atoms with Crippen LogP contribution in [0.2, 0.25) is 0 Å². The fraction of sp³-hybridized carbons (Fsp3) is 0.240. The van der Waals surface area contributed by atoms with Crippen molar-refractivity contribution in [3.8, 4) is 17.2 Å². The van der Waals surface area contributed by atoms with E-state index in [-0.39, 0.29) is 5.91 Å². The standard InChI is InChI=1S/C25H26BrNO4/c1-27-25(28)21-15-22(31-16-18-7-5-4-6-8-18)24(30-3)20(23(21)26)14-11-17-9-12-19(29-2)13-10-17/h4-10,12-13,15H,11,14,16H2,1-3H3,(H,27,28). The largest absolute Gasteiger partial charge is 0.497 e. The van der Waals surface area contributed by atoms with Gasteiger partial charge in [0.25, 0.3) is 5.91 Å². The summed E-state index contributed by atoms with van der Waals surface area (Å²) >= 11 is 3.62. The molecule has 0 aromatic heterocycles. The highest BCUT2D eigenvalue weighted by Gasteiger charge is 2.22. The van der Waals surface area contributed by atoms with Crippen molar-refractivity contribution in [3.05, 3.63) is 87.4 Å². The number of nitrogens with one attached hydrogen (secondary N) is 1. The zero-order valence-electron chi connectivity index (χ0n) is 17.9. The van der Waals surface area contributed by atoms with E-state index in [1.807, 2.05) is 54.6 Å². The minimum atomic E-state index is -0.190. The first-order valence-electron chi connectivity index (χ1n) is 9.98. The van der Waals surface area contributed by atoms with Crippen LogP contribution in [0.15, 0.2) is 65.1 Å². The number of carbonyl (C=O) groups excluding carboxylic acids is 1. The maximum atomic E-state index is 12.5. The van der Waals surface area contributed by atoms with Gasteiger partial charge in [0.2, 0.25) is 0 Å². The first-order chi connectivity index (χ1) is 15.1. The van der Waals surface area contributed by atoms with E-state index in [1.54, 1.807) is 27.3 Å². The van der Waals surface area contributed by atoms with Crippen molar-refractivity contribution >= 4 is 21.8 Å². The highest BCUT2D eigenvalue weighted by molar-refractivity contribution is 9.10. The van der Waals surface area contributed by atoms with E-state index >= 15 is 0 Å². The van der Waals surface area contributed by atoms with Crippen LogP contribution in [-0.4, -0.2) is 27.2 Å². The molecule has 0 heterocycles. The zero-order valence-corrected chi connectivity index (χ0v) is 19.5. The van der Waals surface area contributed by atoms with E-state index in [1.165, 1.54) is 0 Å². The Morgan fingerprint density at radius 1 is 0.935 bits per heavy atom. The summed E-state index contributed by atoms with van der Waals surface area (Å²) in [5.41, 5.74) is 3.60. The van der Waals surface area contributed by atoms with Gasteiger partial charge in [0.1, 0.15) is 12.4 Å². The average Bonchev–Trinajstić information content (AvgIpc) is 2.82. The molecule has 31 heavy (non-hydrogen) atoms. The van der Waals surface area contributed by atoms with E-state index in [9.17, 15) is 4.79 Å². The first-order valence-corrected chi connectivity index (χ1v) is 10.8. The summed E-state index contributed by atoms with van der Waals surface area (Å²) in [5, 5.41) is 2.70. The maximum absolute atomic E-state index is 12.5. The zero-order chi connectivity index (χ0) is 22.2. The lowest BCUT2D eigenvalue weighted by Crippen LogP contribution is -2.19.